The van der Waals surface area contributed by atoms with Gasteiger partial charge >= 0.3 is 0 Å². The lowest BCUT2D eigenvalue weighted by Gasteiger charge is -2.24. The van der Waals surface area contributed by atoms with Gasteiger partial charge in [0.1, 0.15) is 17.5 Å². The monoisotopic (exact) mass is 487 g/mol. The zero-order valence-electron chi connectivity index (χ0n) is 19.0. The summed E-state index contributed by atoms with van der Waals surface area (Å²) in [4.78, 5) is 17.3. The van der Waals surface area contributed by atoms with Crippen molar-refractivity contribution in [2.24, 2.45) is 0 Å². The number of anilines is 2. The van der Waals surface area contributed by atoms with E-state index in [1.807, 2.05) is 48.5 Å². The summed E-state index contributed by atoms with van der Waals surface area (Å²) in [5.41, 5.74) is 3.26. The van der Waals surface area contributed by atoms with E-state index in [2.05, 4.69) is 26.8 Å². The maximum Gasteiger partial charge on any atom is 0.258 e. The number of ether oxygens (including phenoxy) is 2. The summed E-state index contributed by atoms with van der Waals surface area (Å²) in [6.07, 6.45) is 2.06. The quantitative estimate of drug-likeness (QED) is 0.385. The molecule has 0 spiro atoms. The fourth-order valence-electron chi connectivity index (χ4n) is 3.80. The van der Waals surface area contributed by atoms with Crippen molar-refractivity contribution in [3.05, 3.63) is 101 Å². The minimum Gasteiger partial charge on any atom is -0.497 e. The number of hydrogen-bond acceptors (Lipinski definition) is 6. The van der Waals surface area contributed by atoms with Gasteiger partial charge in [-0.1, -0.05) is 35.9 Å². The summed E-state index contributed by atoms with van der Waals surface area (Å²) in [6.45, 7) is 0. The SMILES string of the molecule is COc1ccc(C(=O)Nc2nc3n(n2)C(c2ccc(OC)cc2)C=C(c2ccc(Cl)cc2)N3)cc1. The Morgan fingerprint density at radius 1 is 0.943 bits per heavy atom. The number of amides is 1. The van der Waals surface area contributed by atoms with Crippen LogP contribution in [0.1, 0.15) is 27.5 Å². The Kier molecular flexibility index (Phi) is 6.12. The molecule has 0 bridgehead atoms. The second kappa shape index (κ2) is 9.52. The van der Waals surface area contributed by atoms with Crippen LogP contribution in [-0.2, 0) is 0 Å². The van der Waals surface area contributed by atoms with Crippen LogP contribution in [0.4, 0.5) is 11.9 Å². The Morgan fingerprint density at radius 2 is 1.57 bits per heavy atom. The molecule has 1 aliphatic heterocycles. The summed E-state index contributed by atoms with van der Waals surface area (Å²) < 4.78 is 12.2. The highest BCUT2D eigenvalue weighted by Crippen LogP contribution is 2.34. The van der Waals surface area contributed by atoms with Gasteiger partial charge in [-0.2, -0.15) is 4.98 Å². The predicted molar refractivity (Wildman–Crippen MR) is 135 cm³/mol. The Bertz CT molecular complexity index is 1380. The first-order valence-electron chi connectivity index (χ1n) is 10.8. The number of fused-ring (bicyclic) bond motifs is 1. The first kappa shape index (κ1) is 22.5. The van der Waals surface area contributed by atoms with Gasteiger partial charge in [0.05, 0.1) is 14.2 Å². The van der Waals surface area contributed by atoms with Crippen molar-refractivity contribution >= 4 is 35.1 Å². The van der Waals surface area contributed by atoms with E-state index in [0.717, 1.165) is 22.6 Å². The van der Waals surface area contributed by atoms with Gasteiger partial charge in [0.25, 0.3) is 11.9 Å². The zero-order chi connectivity index (χ0) is 24.4. The van der Waals surface area contributed by atoms with Crippen LogP contribution in [0.5, 0.6) is 11.5 Å². The molecule has 2 heterocycles. The van der Waals surface area contributed by atoms with E-state index in [-0.39, 0.29) is 17.9 Å². The molecule has 1 aliphatic rings. The van der Waals surface area contributed by atoms with Crippen LogP contribution in [-0.4, -0.2) is 34.9 Å². The third-order valence-electron chi connectivity index (χ3n) is 5.66. The highest BCUT2D eigenvalue weighted by Gasteiger charge is 2.26. The molecule has 9 heteroatoms. The van der Waals surface area contributed by atoms with Gasteiger partial charge < -0.3 is 14.8 Å². The van der Waals surface area contributed by atoms with Crippen LogP contribution in [0.3, 0.4) is 0 Å². The third kappa shape index (κ3) is 4.69. The molecule has 0 radical (unpaired) electrons. The van der Waals surface area contributed by atoms with Gasteiger partial charge in [-0.25, -0.2) is 4.68 Å². The second-order valence-corrected chi connectivity index (χ2v) is 8.25. The van der Waals surface area contributed by atoms with E-state index in [0.29, 0.717) is 22.3 Å². The molecule has 1 aromatic heterocycles. The van der Waals surface area contributed by atoms with Crippen LogP contribution in [0.15, 0.2) is 78.9 Å². The van der Waals surface area contributed by atoms with Gasteiger partial charge in [-0.05, 0) is 65.7 Å². The molecule has 0 fully saturated rings. The van der Waals surface area contributed by atoms with E-state index in [1.54, 1.807) is 43.2 Å². The predicted octanol–water partition coefficient (Wildman–Crippen LogP) is 5.26. The molecule has 4 aromatic rings. The number of halogens is 1. The summed E-state index contributed by atoms with van der Waals surface area (Å²) in [6, 6.07) is 21.9. The first-order chi connectivity index (χ1) is 17.0. The van der Waals surface area contributed by atoms with Gasteiger partial charge in [0.2, 0.25) is 5.95 Å². The Hall–Kier alpha value is -4.30. The van der Waals surface area contributed by atoms with Crippen molar-refractivity contribution in [2.45, 2.75) is 6.04 Å². The molecule has 5 rings (SSSR count). The summed E-state index contributed by atoms with van der Waals surface area (Å²) in [5, 5.41) is 11.3. The standard InChI is InChI=1S/C26H22ClN5O3/c1-34-20-11-5-17(6-12-20)23-15-22(16-3-9-19(27)10-4-16)28-26-30-25(31-32(23)26)29-24(33)18-7-13-21(35-2)14-8-18/h3-15,23H,1-2H3,(H2,28,29,30,31,33). The summed E-state index contributed by atoms with van der Waals surface area (Å²) in [7, 11) is 3.21. The van der Waals surface area contributed by atoms with Crippen molar-refractivity contribution in [3.63, 3.8) is 0 Å². The van der Waals surface area contributed by atoms with Crippen LogP contribution in [0.2, 0.25) is 5.02 Å². The van der Waals surface area contributed by atoms with E-state index in [1.165, 1.54) is 0 Å². The van der Waals surface area contributed by atoms with Gasteiger partial charge in [0.15, 0.2) is 0 Å². The van der Waals surface area contributed by atoms with Crippen molar-refractivity contribution in [3.8, 4) is 11.5 Å². The third-order valence-corrected chi connectivity index (χ3v) is 5.91. The molecule has 8 nitrogen and oxygen atoms in total. The lowest BCUT2D eigenvalue weighted by Crippen LogP contribution is -2.20. The number of rotatable bonds is 6. The Morgan fingerprint density at radius 3 is 2.20 bits per heavy atom. The van der Waals surface area contributed by atoms with Crippen LogP contribution in [0.25, 0.3) is 5.70 Å². The maximum atomic E-state index is 12.8. The second-order valence-electron chi connectivity index (χ2n) is 7.82. The normalized spacial score (nSPS) is 14.4. The molecule has 0 aliphatic carbocycles. The van der Waals surface area contributed by atoms with E-state index >= 15 is 0 Å². The largest absolute Gasteiger partial charge is 0.497 e. The van der Waals surface area contributed by atoms with Crippen molar-refractivity contribution in [1.82, 2.24) is 14.8 Å². The molecule has 1 unspecified atom stereocenters. The number of carbonyl (C=O) groups is 1. The number of nitrogens with one attached hydrogen (secondary N) is 2. The van der Waals surface area contributed by atoms with E-state index in [9.17, 15) is 4.79 Å². The maximum absolute atomic E-state index is 12.8. The van der Waals surface area contributed by atoms with Crippen LogP contribution >= 0.6 is 11.6 Å². The molecule has 35 heavy (non-hydrogen) atoms. The number of aromatic nitrogens is 3. The molecule has 3 aromatic carbocycles. The number of hydrogen-bond donors (Lipinski definition) is 2. The van der Waals surface area contributed by atoms with Gasteiger partial charge in [0, 0.05) is 16.3 Å². The zero-order valence-corrected chi connectivity index (χ0v) is 19.8. The molecule has 1 atom stereocenters. The Labute approximate surface area is 207 Å². The van der Waals surface area contributed by atoms with Crippen molar-refractivity contribution < 1.29 is 14.3 Å². The first-order valence-corrected chi connectivity index (χ1v) is 11.2. The van der Waals surface area contributed by atoms with Gasteiger partial charge in [-0.15, -0.1) is 5.10 Å². The number of methoxy groups -OCH3 is 2. The summed E-state index contributed by atoms with van der Waals surface area (Å²) >= 11 is 6.08. The topological polar surface area (TPSA) is 90.3 Å². The lowest BCUT2D eigenvalue weighted by atomic mass is 10.0. The highest BCUT2D eigenvalue weighted by atomic mass is 35.5. The minimum absolute atomic E-state index is 0.192. The molecule has 0 saturated carbocycles. The minimum atomic E-state index is -0.317. The number of carbonyl (C=O) groups excluding carboxylic acids is 1. The van der Waals surface area contributed by atoms with E-state index < -0.39 is 0 Å². The fraction of sp³-hybridized carbons (Fsp3) is 0.115. The lowest BCUT2D eigenvalue weighted by molar-refractivity contribution is 0.102. The molecule has 2 N–H and O–H groups in total. The van der Waals surface area contributed by atoms with Gasteiger partial charge in [-0.3, -0.25) is 10.1 Å². The van der Waals surface area contributed by atoms with Crippen molar-refractivity contribution in [1.29, 1.82) is 0 Å². The number of nitrogens with zero attached hydrogens (tertiary/aromatic N) is 3. The van der Waals surface area contributed by atoms with Crippen molar-refractivity contribution in [2.75, 3.05) is 24.9 Å². The molecular weight excluding hydrogens is 466 g/mol. The van der Waals surface area contributed by atoms with Crippen LogP contribution in [0, 0.1) is 0 Å². The smallest absolute Gasteiger partial charge is 0.258 e. The average Bonchev–Trinajstić information content (AvgIpc) is 3.31. The molecular formula is C26H22ClN5O3. The van der Waals surface area contributed by atoms with E-state index in [4.69, 9.17) is 21.1 Å². The average molecular weight is 488 g/mol. The molecule has 176 valence electrons. The fourth-order valence-corrected chi connectivity index (χ4v) is 3.92. The van der Waals surface area contributed by atoms with Crippen LogP contribution < -0.4 is 20.1 Å². The number of allylic oxidation sites excluding steroid dienone is 1. The highest BCUT2D eigenvalue weighted by molar-refractivity contribution is 6.30. The Balaban J connectivity index is 1.48. The number of benzene rings is 3. The molecule has 1 amide bonds. The summed E-state index contributed by atoms with van der Waals surface area (Å²) in [5.74, 6) is 1.81. The molecule has 0 saturated heterocycles.